The van der Waals surface area contributed by atoms with Gasteiger partial charge in [-0.15, -0.1) is 0 Å². The molecule has 0 aliphatic rings. The number of alkyl halides is 1. The Kier molecular flexibility index (Phi) is 5.90. The van der Waals surface area contributed by atoms with Gasteiger partial charge in [0.1, 0.15) is 11.6 Å². The monoisotopic (exact) mass is 354 g/mol. The largest absolute Gasteiger partial charge is 0.207 e. The maximum Gasteiger partial charge on any atom is 0.137 e. The Bertz CT molecular complexity index is 353. The standard InChI is InChI=1S/C12H14Br2F2/c1-2-3-4-5-9(13)8-6-12(16)10(14)7-11(8)15/h6-7,9H,2-5H2,1H3. The molecule has 1 atom stereocenters. The van der Waals surface area contributed by atoms with Crippen LogP contribution in [-0.2, 0) is 0 Å². The molecule has 0 aliphatic carbocycles. The summed E-state index contributed by atoms with van der Waals surface area (Å²) in [4.78, 5) is -0.110. The van der Waals surface area contributed by atoms with Crippen molar-refractivity contribution in [2.75, 3.05) is 0 Å². The topological polar surface area (TPSA) is 0 Å². The van der Waals surface area contributed by atoms with Crippen molar-refractivity contribution in [1.29, 1.82) is 0 Å². The van der Waals surface area contributed by atoms with Gasteiger partial charge >= 0.3 is 0 Å². The van der Waals surface area contributed by atoms with Gasteiger partial charge in [0, 0.05) is 10.4 Å². The van der Waals surface area contributed by atoms with E-state index in [9.17, 15) is 8.78 Å². The molecule has 1 unspecified atom stereocenters. The minimum Gasteiger partial charge on any atom is -0.207 e. The fraction of sp³-hybridized carbons (Fsp3) is 0.500. The second kappa shape index (κ2) is 6.70. The highest BCUT2D eigenvalue weighted by atomic mass is 79.9. The number of rotatable bonds is 5. The zero-order valence-corrected chi connectivity index (χ0v) is 12.2. The summed E-state index contributed by atoms with van der Waals surface area (Å²) in [5, 5.41) is 0. The average Bonchev–Trinajstić information content (AvgIpc) is 2.23. The maximum atomic E-state index is 13.6. The van der Waals surface area contributed by atoms with Gasteiger partial charge in [-0.1, -0.05) is 42.1 Å². The first-order valence-electron chi connectivity index (χ1n) is 5.34. The molecule has 0 amide bonds. The Morgan fingerprint density at radius 3 is 2.50 bits per heavy atom. The molecule has 0 spiro atoms. The third kappa shape index (κ3) is 3.81. The van der Waals surface area contributed by atoms with E-state index in [1.807, 2.05) is 0 Å². The highest BCUT2D eigenvalue weighted by molar-refractivity contribution is 9.10. The molecule has 1 aromatic rings. The SMILES string of the molecule is CCCCCC(Br)c1cc(F)c(Br)cc1F. The van der Waals surface area contributed by atoms with Crippen molar-refractivity contribution < 1.29 is 8.78 Å². The summed E-state index contributed by atoms with van der Waals surface area (Å²) < 4.78 is 27.0. The van der Waals surface area contributed by atoms with Gasteiger partial charge in [-0.2, -0.15) is 0 Å². The van der Waals surface area contributed by atoms with Gasteiger partial charge in [0.15, 0.2) is 0 Å². The van der Waals surface area contributed by atoms with E-state index in [0.717, 1.165) is 25.7 Å². The number of benzene rings is 1. The predicted octanol–water partition coefficient (Wildman–Crippen LogP) is 5.74. The quantitative estimate of drug-likeness (QED) is 0.358. The summed E-state index contributed by atoms with van der Waals surface area (Å²) >= 11 is 6.37. The molecule has 0 bridgehead atoms. The Labute approximate surface area is 112 Å². The summed E-state index contributed by atoms with van der Waals surface area (Å²) in [6, 6.07) is 2.43. The van der Waals surface area contributed by atoms with Gasteiger partial charge in [-0.05, 0) is 34.5 Å². The van der Waals surface area contributed by atoms with Crippen LogP contribution in [0.1, 0.15) is 43.0 Å². The second-order valence-corrected chi connectivity index (χ2v) is 5.71. The Morgan fingerprint density at radius 1 is 1.19 bits per heavy atom. The van der Waals surface area contributed by atoms with Crippen LogP contribution in [0.15, 0.2) is 16.6 Å². The normalized spacial score (nSPS) is 12.8. The van der Waals surface area contributed by atoms with Gasteiger partial charge in [-0.3, -0.25) is 0 Å². The lowest BCUT2D eigenvalue weighted by atomic mass is 10.1. The molecule has 0 saturated carbocycles. The first-order valence-corrected chi connectivity index (χ1v) is 7.05. The number of unbranched alkanes of at least 4 members (excludes halogenated alkanes) is 2. The maximum absolute atomic E-state index is 13.6. The van der Waals surface area contributed by atoms with E-state index in [2.05, 4.69) is 38.8 Å². The van der Waals surface area contributed by atoms with Gasteiger partial charge in [0.05, 0.1) is 4.47 Å². The van der Waals surface area contributed by atoms with Crippen LogP contribution in [0.25, 0.3) is 0 Å². The van der Waals surface area contributed by atoms with E-state index in [1.54, 1.807) is 0 Å². The molecule has 4 heteroatoms. The van der Waals surface area contributed by atoms with Crippen LogP contribution < -0.4 is 0 Å². The fourth-order valence-electron chi connectivity index (χ4n) is 1.51. The van der Waals surface area contributed by atoms with Crippen molar-refractivity contribution in [3.63, 3.8) is 0 Å². The molecule has 0 aromatic heterocycles. The van der Waals surface area contributed by atoms with Gasteiger partial charge in [0.2, 0.25) is 0 Å². The van der Waals surface area contributed by atoms with Crippen LogP contribution in [0.3, 0.4) is 0 Å². The number of hydrogen-bond donors (Lipinski definition) is 0. The van der Waals surface area contributed by atoms with E-state index in [0.29, 0.717) is 5.56 Å². The van der Waals surface area contributed by atoms with Gasteiger partial charge in [0.25, 0.3) is 0 Å². The third-order valence-corrected chi connectivity index (χ3v) is 4.00. The molecule has 0 nitrogen and oxygen atoms in total. The molecule has 0 heterocycles. The van der Waals surface area contributed by atoms with Crippen molar-refractivity contribution in [1.82, 2.24) is 0 Å². The summed E-state index contributed by atoms with van der Waals surface area (Å²) in [7, 11) is 0. The van der Waals surface area contributed by atoms with Crippen LogP contribution in [0.2, 0.25) is 0 Å². The van der Waals surface area contributed by atoms with Gasteiger partial charge < -0.3 is 0 Å². The lowest BCUT2D eigenvalue weighted by molar-refractivity contribution is 0.569. The molecule has 0 radical (unpaired) electrons. The third-order valence-electron chi connectivity index (χ3n) is 2.44. The molecule has 0 saturated heterocycles. The minimum atomic E-state index is -0.420. The molecule has 0 aliphatic heterocycles. The number of halogens is 4. The van der Waals surface area contributed by atoms with Crippen molar-refractivity contribution in [3.05, 3.63) is 33.8 Å². The predicted molar refractivity (Wildman–Crippen MR) is 69.9 cm³/mol. The van der Waals surface area contributed by atoms with Crippen LogP contribution in [0.5, 0.6) is 0 Å². The van der Waals surface area contributed by atoms with Gasteiger partial charge in [-0.25, -0.2) is 8.78 Å². The van der Waals surface area contributed by atoms with Crippen LogP contribution >= 0.6 is 31.9 Å². The molecule has 16 heavy (non-hydrogen) atoms. The lowest BCUT2D eigenvalue weighted by Gasteiger charge is -2.11. The number of hydrogen-bond acceptors (Lipinski definition) is 0. The summed E-state index contributed by atoms with van der Waals surface area (Å²) in [6.07, 6.45) is 4.08. The second-order valence-electron chi connectivity index (χ2n) is 3.75. The van der Waals surface area contributed by atoms with Crippen molar-refractivity contribution in [2.24, 2.45) is 0 Å². The Morgan fingerprint density at radius 2 is 1.88 bits per heavy atom. The molecule has 0 fully saturated rings. The Hall–Kier alpha value is 0.0400. The smallest absolute Gasteiger partial charge is 0.137 e. The molecule has 1 aromatic carbocycles. The lowest BCUT2D eigenvalue weighted by Crippen LogP contribution is -1.97. The zero-order chi connectivity index (χ0) is 12.1. The first kappa shape index (κ1) is 14.1. The molecular weight excluding hydrogens is 342 g/mol. The average molecular weight is 356 g/mol. The molecule has 0 N–H and O–H groups in total. The Balaban J connectivity index is 2.75. The van der Waals surface area contributed by atoms with E-state index in [1.165, 1.54) is 12.1 Å². The van der Waals surface area contributed by atoms with Crippen molar-refractivity contribution in [2.45, 2.75) is 37.4 Å². The molecule has 90 valence electrons. The van der Waals surface area contributed by atoms with E-state index in [-0.39, 0.29) is 15.1 Å². The molecular formula is C12H14Br2F2. The van der Waals surface area contributed by atoms with Crippen molar-refractivity contribution >= 4 is 31.9 Å². The van der Waals surface area contributed by atoms with Crippen molar-refractivity contribution in [3.8, 4) is 0 Å². The molecule has 1 rings (SSSR count). The first-order chi connectivity index (χ1) is 7.56. The summed E-state index contributed by atoms with van der Waals surface area (Å²) in [5.74, 6) is -0.789. The van der Waals surface area contributed by atoms with Crippen LogP contribution in [0.4, 0.5) is 8.78 Å². The summed E-state index contributed by atoms with van der Waals surface area (Å²) in [5.41, 5.74) is 0.400. The van der Waals surface area contributed by atoms with Crippen LogP contribution in [0, 0.1) is 11.6 Å². The zero-order valence-electron chi connectivity index (χ0n) is 9.07. The highest BCUT2D eigenvalue weighted by Gasteiger charge is 2.15. The van der Waals surface area contributed by atoms with Crippen LogP contribution in [-0.4, -0.2) is 0 Å². The summed E-state index contributed by atoms with van der Waals surface area (Å²) in [6.45, 7) is 2.11. The fourth-order valence-corrected chi connectivity index (χ4v) is 2.50. The highest BCUT2D eigenvalue weighted by Crippen LogP contribution is 2.32. The van der Waals surface area contributed by atoms with E-state index < -0.39 is 5.82 Å². The van der Waals surface area contributed by atoms with E-state index in [4.69, 9.17) is 0 Å². The van der Waals surface area contributed by atoms with E-state index >= 15 is 0 Å². The minimum absolute atomic E-state index is 0.110.